The quantitative estimate of drug-likeness (QED) is 0.0262. The molecule has 0 amide bonds. The summed E-state index contributed by atoms with van der Waals surface area (Å²) in [6, 6.07) is 0. The van der Waals surface area contributed by atoms with Crippen molar-refractivity contribution >= 4 is 17.9 Å². The normalized spacial score (nSPS) is 13.0. The summed E-state index contributed by atoms with van der Waals surface area (Å²) in [4.78, 5) is 37.7. The van der Waals surface area contributed by atoms with Crippen LogP contribution in [0, 0.1) is 0 Å². The number of allylic oxidation sites excluding steroid dienone is 18. The van der Waals surface area contributed by atoms with Gasteiger partial charge in [0.1, 0.15) is 13.2 Å². The van der Waals surface area contributed by atoms with Gasteiger partial charge < -0.3 is 14.2 Å². The molecule has 1 atom stereocenters. The van der Waals surface area contributed by atoms with Crippen LogP contribution in [-0.4, -0.2) is 37.2 Å². The summed E-state index contributed by atoms with van der Waals surface area (Å²) in [5.41, 5.74) is 0. The summed E-state index contributed by atoms with van der Waals surface area (Å²) >= 11 is 0. The van der Waals surface area contributed by atoms with Crippen molar-refractivity contribution < 1.29 is 28.6 Å². The highest BCUT2D eigenvalue weighted by atomic mass is 16.6. The van der Waals surface area contributed by atoms with Gasteiger partial charge in [-0.25, -0.2) is 0 Å². The molecule has 0 N–H and O–H groups in total. The van der Waals surface area contributed by atoms with E-state index >= 15 is 0 Å². The lowest BCUT2D eigenvalue weighted by Crippen LogP contribution is -2.30. The maximum Gasteiger partial charge on any atom is 0.306 e. The summed E-state index contributed by atoms with van der Waals surface area (Å²) in [5.74, 6) is -0.933. The molecule has 0 fully saturated rings. The van der Waals surface area contributed by atoms with Gasteiger partial charge in [-0.3, -0.25) is 14.4 Å². The van der Waals surface area contributed by atoms with Crippen molar-refractivity contribution in [3.05, 3.63) is 109 Å². The lowest BCUT2D eigenvalue weighted by molar-refractivity contribution is -0.167. The average Bonchev–Trinajstić information content (AvgIpc) is 3.30. The molecule has 368 valence electrons. The second kappa shape index (κ2) is 52.7. The van der Waals surface area contributed by atoms with Gasteiger partial charge in [0.2, 0.25) is 0 Å². The zero-order valence-corrected chi connectivity index (χ0v) is 42.0. The zero-order chi connectivity index (χ0) is 47.2. The van der Waals surface area contributed by atoms with Gasteiger partial charge in [0.25, 0.3) is 0 Å². The summed E-state index contributed by atoms with van der Waals surface area (Å²) in [5, 5.41) is 0. The molecular weight excluding hydrogens is 805 g/mol. The van der Waals surface area contributed by atoms with E-state index in [1.54, 1.807) is 0 Å². The van der Waals surface area contributed by atoms with Gasteiger partial charge in [-0.1, -0.05) is 214 Å². The Morgan fingerprint density at radius 2 is 0.600 bits per heavy atom. The van der Waals surface area contributed by atoms with E-state index in [4.69, 9.17) is 14.2 Å². The highest BCUT2D eigenvalue weighted by Gasteiger charge is 2.19. The lowest BCUT2D eigenvalue weighted by Gasteiger charge is -2.18. The maximum atomic E-state index is 12.7. The van der Waals surface area contributed by atoms with Crippen LogP contribution in [0.5, 0.6) is 0 Å². The number of hydrogen-bond acceptors (Lipinski definition) is 6. The van der Waals surface area contributed by atoms with Crippen molar-refractivity contribution in [2.75, 3.05) is 13.2 Å². The van der Waals surface area contributed by atoms with E-state index in [0.717, 1.165) is 141 Å². The molecule has 0 radical (unpaired) electrons. The minimum absolute atomic E-state index is 0.0894. The van der Waals surface area contributed by atoms with Crippen LogP contribution in [0.15, 0.2) is 109 Å². The van der Waals surface area contributed by atoms with Gasteiger partial charge in [-0.2, -0.15) is 0 Å². The fraction of sp³-hybridized carbons (Fsp3) is 0.644. The summed E-state index contributed by atoms with van der Waals surface area (Å²) in [6.07, 6.45) is 71.1. The Hall–Kier alpha value is -3.93. The molecule has 0 rings (SSSR count). The van der Waals surface area contributed by atoms with Crippen LogP contribution >= 0.6 is 0 Å². The molecule has 65 heavy (non-hydrogen) atoms. The van der Waals surface area contributed by atoms with E-state index in [-0.39, 0.29) is 31.1 Å². The Labute approximate surface area is 400 Å². The molecule has 6 heteroatoms. The molecule has 6 nitrogen and oxygen atoms in total. The standard InChI is InChI=1S/C59H96O6/c1-4-7-10-13-15-17-19-21-23-25-26-27-28-29-30-31-32-34-35-37-39-41-43-46-49-52-58(61)64-55-56(54-63-57(60)51-48-45-12-9-6-3)65-59(62)53-50-47-44-42-40-38-36-33-24-22-20-18-16-14-11-8-5-2/h7-8,10-11,15-18,21-24,26-27,29-30,32,34,56H,4-6,9,12-14,19-20,25,28,31,33,35-55H2,1-3H3/b10-7-,11-8-,17-15-,18-16-,23-21-,24-22-,27-26-,30-29-,34-32-. The van der Waals surface area contributed by atoms with Crippen LogP contribution < -0.4 is 0 Å². The number of carbonyl (C=O) groups is 3. The van der Waals surface area contributed by atoms with Gasteiger partial charge in [-0.15, -0.1) is 0 Å². The predicted molar refractivity (Wildman–Crippen MR) is 279 cm³/mol. The highest BCUT2D eigenvalue weighted by molar-refractivity contribution is 5.71. The third-order valence-corrected chi connectivity index (χ3v) is 10.8. The predicted octanol–water partition coefficient (Wildman–Crippen LogP) is 17.5. The third-order valence-electron chi connectivity index (χ3n) is 10.8. The van der Waals surface area contributed by atoms with E-state index < -0.39 is 6.10 Å². The number of hydrogen-bond donors (Lipinski definition) is 0. The molecule has 0 saturated heterocycles. The van der Waals surface area contributed by atoms with Gasteiger partial charge in [0, 0.05) is 19.3 Å². The fourth-order valence-corrected chi connectivity index (χ4v) is 6.87. The number of ether oxygens (including phenoxy) is 3. The SMILES string of the molecule is CC/C=C\C/C=C\C/C=C\C/C=C\C/C=C\C/C=C\CCCCCCCCC(=O)OCC(COC(=O)CCCCCCC)OC(=O)CCCCCCCCC/C=C\C/C=C\C/C=C\CC. The minimum Gasteiger partial charge on any atom is -0.462 e. The molecule has 0 aliphatic carbocycles. The van der Waals surface area contributed by atoms with Crippen LogP contribution in [0.3, 0.4) is 0 Å². The first-order valence-electron chi connectivity index (χ1n) is 26.4. The van der Waals surface area contributed by atoms with E-state index in [2.05, 4.69) is 130 Å². The molecule has 0 bridgehead atoms. The molecule has 0 spiro atoms. The topological polar surface area (TPSA) is 78.9 Å². The fourth-order valence-electron chi connectivity index (χ4n) is 6.87. The van der Waals surface area contributed by atoms with E-state index in [0.29, 0.717) is 19.3 Å². The van der Waals surface area contributed by atoms with Gasteiger partial charge in [0.05, 0.1) is 0 Å². The van der Waals surface area contributed by atoms with Crippen molar-refractivity contribution in [3.8, 4) is 0 Å². The van der Waals surface area contributed by atoms with E-state index in [1.807, 2.05) is 0 Å². The second-order valence-electron chi connectivity index (χ2n) is 17.0. The first-order valence-corrected chi connectivity index (χ1v) is 26.4. The Balaban J connectivity index is 4.20. The Morgan fingerprint density at radius 3 is 0.938 bits per heavy atom. The lowest BCUT2D eigenvalue weighted by atomic mass is 10.1. The highest BCUT2D eigenvalue weighted by Crippen LogP contribution is 2.13. The number of rotatable bonds is 46. The Kier molecular flexibility index (Phi) is 49.5. The van der Waals surface area contributed by atoms with Gasteiger partial charge in [0.15, 0.2) is 6.10 Å². The van der Waals surface area contributed by atoms with Crippen LogP contribution in [0.1, 0.15) is 226 Å². The summed E-state index contributed by atoms with van der Waals surface area (Å²) < 4.78 is 16.7. The van der Waals surface area contributed by atoms with Crippen molar-refractivity contribution in [3.63, 3.8) is 0 Å². The smallest absolute Gasteiger partial charge is 0.306 e. The van der Waals surface area contributed by atoms with Crippen molar-refractivity contribution in [1.29, 1.82) is 0 Å². The number of esters is 3. The molecule has 0 aliphatic rings. The van der Waals surface area contributed by atoms with Crippen molar-refractivity contribution in [2.24, 2.45) is 0 Å². The minimum atomic E-state index is -0.787. The zero-order valence-electron chi connectivity index (χ0n) is 42.0. The van der Waals surface area contributed by atoms with Gasteiger partial charge >= 0.3 is 17.9 Å². The molecule has 0 aliphatic heterocycles. The summed E-state index contributed by atoms with van der Waals surface area (Å²) in [7, 11) is 0. The van der Waals surface area contributed by atoms with Crippen LogP contribution in [0.25, 0.3) is 0 Å². The first kappa shape index (κ1) is 61.1. The molecule has 0 aromatic rings. The van der Waals surface area contributed by atoms with E-state index in [9.17, 15) is 14.4 Å². The third kappa shape index (κ3) is 50.9. The van der Waals surface area contributed by atoms with Crippen molar-refractivity contribution in [1.82, 2.24) is 0 Å². The number of unbranched alkanes of at least 4 members (excludes halogenated alkanes) is 17. The molecule has 0 aromatic carbocycles. The second-order valence-corrected chi connectivity index (χ2v) is 17.0. The van der Waals surface area contributed by atoms with Crippen LogP contribution in [0.4, 0.5) is 0 Å². The monoisotopic (exact) mass is 901 g/mol. The largest absolute Gasteiger partial charge is 0.462 e. The van der Waals surface area contributed by atoms with Crippen LogP contribution in [0.2, 0.25) is 0 Å². The molecule has 1 unspecified atom stereocenters. The molecular formula is C59H96O6. The first-order chi connectivity index (χ1) is 32.0. The molecule has 0 saturated carbocycles. The molecule has 0 aromatic heterocycles. The molecule has 0 heterocycles. The Bertz CT molecular complexity index is 1360. The van der Waals surface area contributed by atoms with Crippen LogP contribution in [-0.2, 0) is 28.6 Å². The van der Waals surface area contributed by atoms with E-state index in [1.165, 1.54) is 44.9 Å². The average molecular weight is 901 g/mol. The number of carbonyl (C=O) groups excluding carboxylic acids is 3. The van der Waals surface area contributed by atoms with Gasteiger partial charge in [-0.05, 0) is 103 Å². The maximum absolute atomic E-state index is 12.7. The summed E-state index contributed by atoms with van der Waals surface area (Å²) in [6.45, 7) is 6.30. The Morgan fingerprint density at radius 1 is 0.323 bits per heavy atom. The van der Waals surface area contributed by atoms with Crippen molar-refractivity contribution in [2.45, 2.75) is 232 Å².